The first-order valence-corrected chi connectivity index (χ1v) is 3.43. The van der Waals surface area contributed by atoms with E-state index in [9.17, 15) is 4.79 Å². The number of halogens is 1. The third-order valence-electron chi connectivity index (χ3n) is 1.34. The first kappa shape index (κ1) is 11.7. The van der Waals surface area contributed by atoms with Gasteiger partial charge in [-0.2, -0.15) is 0 Å². The van der Waals surface area contributed by atoms with E-state index in [1.54, 1.807) is 30.3 Å². The van der Waals surface area contributed by atoms with Gasteiger partial charge in [-0.1, -0.05) is 18.2 Å². The van der Waals surface area contributed by atoms with Crippen LogP contribution in [-0.4, -0.2) is 22.8 Å². The molecule has 1 rings (SSSR count). The molecule has 0 saturated carbocycles. The van der Waals surface area contributed by atoms with Gasteiger partial charge < -0.3 is 5.11 Å². The van der Waals surface area contributed by atoms with Crippen LogP contribution in [0.2, 0.25) is 0 Å². The molecule has 0 radical (unpaired) electrons. The Morgan fingerprint density at radius 2 is 1.85 bits per heavy atom. The molecule has 0 atom stereocenters. The molecule has 0 bridgehead atoms. The Bertz CT molecular complexity index is 265. The molecule has 1 aromatic carbocycles. The average Bonchev–Trinajstić information content (AvgIpc) is 2.05. The molecular formula is C8H10ClNO3. The van der Waals surface area contributed by atoms with Crippen LogP contribution in [0.3, 0.4) is 0 Å². The van der Waals surface area contributed by atoms with Crippen LogP contribution in [-0.2, 0) is 4.79 Å². The molecule has 72 valence electrons. The van der Waals surface area contributed by atoms with Crippen molar-refractivity contribution in [2.24, 2.45) is 0 Å². The van der Waals surface area contributed by atoms with Gasteiger partial charge in [-0.3, -0.25) is 10.0 Å². The normalized spacial score (nSPS) is 8.69. The van der Waals surface area contributed by atoms with Gasteiger partial charge in [-0.15, -0.1) is 12.4 Å². The lowest BCUT2D eigenvalue weighted by atomic mass is 10.3. The lowest BCUT2D eigenvalue weighted by Gasteiger charge is -2.13. The zero-order valence-corrected chi connectivity index (χ0v) is 7.57. The Hall–Kier alpha value is -1.26. The minimum atomic E-state index is -1.07. The predicted octanol–water partition coefficient (Wildman–Crippen LogP) is 1.39. The summed E-state index contributed by atoms with van der Waals surface area (Å²) < 4.78 is 0. The number of nitrogens with zero attached hydrogens (tertiary/aromatic N) is 1. The number of carboxylic acids is 1. The molecule has 0 spiro atoms. The molecule has 0 aliphatic carbocycles. The van der Waals surface area contributed by atoms with Crippen LogP contribution in [0, 0.1) is 0 Å². The maximum absolute atomic E-state index is 10.2. The first-order chi connectivity index (χ1) is 5.70. The van der Waals surface area contributed by atoms with Crippen molar-refractivity contribution in [1.29, 1.82) is 0 Å². The van der Waals surface area contributed by atoms with Gasteiger partial charge in [0, 0.05) is 0 Å². The fourth-order valence-corrected chi connectivity index (χ4v) is 0.819. The number of carbonyl (C=O) groups is 1. The number of hydrogen-bond acceptors (Lipinski definition) is 3. The van der Waals surface area contributed by atoms with E-state index in [2.05, 4.69) is 0 Å². The maximum atomic E-state index is 10.2. The number of carboxylic acid groups (broad SMARTS) is 1. The molecule has 0 unspecified atom stereocenters. The van der Waals surface area contributed by atoms with Gasteiger partial charge in [0.25, 0.3) is 0 Å². The molecule has 0 aromatic heterocycles. The number of aliphatic carboxylic acids is 1. The SMILES string of the molecule is Cl.O=C(O)CN(O)c1ccccc1. The van der Waals surface area contributed by atoms with E-state index in [0.29, 0.717) is 10.8 Å². The first-order valence-electron chi connectivity index (χ1n) is 3.43. The van der Waals surface area contributed by atoms with E-state index >= 15 is 0 Å². The molecule has 0 fully saturated rings. The summed E-state index contributed by atoms with van der Waals surface area (Å²) in [6.07, 6.45) is 0. The van der Waals surface area contributed by atoms with Crippen molar-refractivity contribution in [1.82, 2.24) is 0 Å². The summed E-state index contributed by atoms with van der Waals surface area (Å²) in [5.41, 5.74) is 0.472. The third-order valence-corrected chi connectivity index (χ3v) is 1.34. The Kier molecular flexibility index (Phi) is 4.87. The van der Waals surface area contributed by atoms with Crippen LogP contribution in [0.1, 0.15) is 0 Å². The summed E-state index contributed by atoms with van der Waals surface area (Å²) in [5, 5.41) is 18.2. The standard InChI is InChI=1S/C8H9NO3.ClH/c10-8(11)6-9(12)7-4-2-1-3-5-7;/h1-5,12H,6H2,(H,10,11);1H. The van der Waals surface area contributed by atoms with Gasteiger partial charge >= 0.3 is 5.97 Å². The highest BCUT2D eigenvalue weighted by atomic mass is 35.5. The van der Waals surface area contributed by atoms with E-state index in [0.717, 1.165) is 0 Å². The molecule has 0 aliphatic heterocycles. The quantitative estimate of drug-likeness (QED) is 0.729. The van der Waals surface area contributed by atoms with Crippen molar-refractivity contribution in [2.45, 2.75) is 0 Å². The summed E-state index contributed by atoms with van der Waals surface area (Å²) in [6, 6.07) is 8.49. The van der Waals surface area contributed by atoms with Gasteiger partial charge in [0.2, 0.25) is 0 Å². The average molecular weight is 204 g/mol. The van der Waals surface area contributed by atoms with Crippen molar-refractivity contribution in [2.75, 3.05) is 11.6 Å². The Morgan fingerprint density at radius 1 is 1.31 bits per heavy atom. The largest absolute Gasteiger partial charge is 0.480 e. The van der Waals surface area contributed by atoms with Crippen LogP contribution >= 0.6 is 12.4 Å². The van der Waals surface area contributed by atoms with Crippen molar-refractivity contribution < 1.29 is 15.1 Å². The second-order valence-corrected chi connectivity index (χ2v) is 2.29. The molecule has 2 N–H and O–H groups in total. The van der Waals surface area contributed by atoms with Gasteiger partial charge in [0.05, 0.1) is 5.69 Å². The predicted molar refractivity (Wildman–Crippen MR) is 50.5 cm³/mol. The lowest BCUT2D eigenvalue weighted by molar-refractivity contribution is -0.136. The van der Waals surface area contributed by atoms with E-state index in [4.69, 9.17) is 10.3 Å². The summed E-state index contributed by atoms with van der Waals surface area (Å²) in [5.74, 6) is -1.07. The zero-order chi connectivity index (χ0) is 8.97. The highest BCUT2D eigenvalue weighted by Gasteiger charge is 2.05. The molecule has 1 aromatic rings. The minimum absolute atomic E-state index is 0. The molecule has 0 heterocycles. The monoisotopic (exact) mass is 203 g/mol. The fourth-order valence-electron chi connectivity index (χ4n) is 0.819. The minimum Gasteiger partial charge on any atom is -0.480 e. The smallest absolute Gasteiger partial charge is 0.325 e. The van der Waals surface area contributed by atoms with Crippen molar-refractivity contribution in [3.63, 3.8) is 0 Å². The van der Waals surface area contributed by atoms with E-state index in [-0.39, 0.29) is 12.4 Å². The Labute approximate surface area is 81.8 Å². The van der Waals surface area contributed by atoms with Gasteiger partial charge in [-0.25, -0.2) is 5.06 Å². The van der Waals surface area contributed by atoms with Crippen molar-refractivity contribution in [3.8, 4) is 0 Å². The molecule has 0 aliphatic rings. The van der Waals surface area contributed by atoms with Crippen LogP contribution in [0.15, 0.2) is 30.3 Å². The second-order valence-electron chi connectivity index (χ2n) is 2.29. The Balaban J connectivity index is 0.00000144. The van der Waals surface area contributed by atoms with Crippen LogP contribution in [0.5, 0.6) is 0 Å². The highest BCUT2D eigenvalue weighted by Crippen LogP contribution is 2.09. The van der Waals surface area contributed by atoms with Crippen LogP contribution in [0.25, 0.3) is 0 Å². The topological polar surface area (TPSA) is 60.8 Å². The molecular weight excluding hydrogens is 194 g/mol. The molecule has 0 saturated heterocycles. The molecule has 0 amide bonds. The second kappa shape index (κ2) is 5.40. The number of para-hydroxylation sites is 1. The number of benzene rings is 1. The van der Waals surface area contributed by atoms with Gasteiger partial charge in [0.15, 0.2) is 0 Å². The molecule has 5 heteroatoms. The van der Waals surface area contributed by atoms with Crippen molar-refractivity contribution in [3.05, 3.63) is 30.3 Å². The summed E-state index contributed by atoms with van der Waals surface area (Å²) >= 11 is 0. The zero-order valence-electron chi connectivity index (χ0n) is 6.75. The van der Waals surface area contributed by atoms with E-state index in [1.807, 2.05) is 0 Å². The lowest BCUT2D eigenvalue weighted by Crippen LogP contribution is -2.25. The van der Waals surface area contributed by atoms with E-state index in [1.165, 1.54) is 0 Å². The number of rotatable bonds is 3. The molecule has 4 nitrogen and oxygen atoms in total. The highest BCUT2D eigenvalue weighted by molar-refractivity contribution is 5.85. The number of hydrogen-bond donors (Lipinski definition) is 2. The fraction of sp³-hybridized carbons (Fsp3) is 0.125. The van der Waals surface area contributed by atoms with Crippen LogP contribution in [0.4, 0.5) is 5.69 Å². The third kappa shape index (κ3) is 3.78. The Morgan fingerprint density at radius 3 is 2.31 bits per heavy atom. The summed E-state index contributed by atoms with van der Waals surface area (Å²) in [7, 11) is 0. The van der Waals surface area contributed by atoms with Gasteiger partial charge in [0.1, 0.15) is 6.54 Å². The van der Waals surface area contributed by atoms with Crippen LogP contribution < -0.4 is 5.06 Å². The summed E-state index contributed by atoms with van der Waals surface area (Å²) in [6.45, 7) is -0.413. The van der Waals surface area contributed by atoms with Crippen molar-refractivity contribution >= 4 is 24.1 Å². The maximum Gasteiger partial charge on any atom is 0.325 e. The molecule has 13 heavy (non-hydrogen) atoms. The number of hydroxylamine groups is 1. The number of anilines is 1. The van der Waals surface area contributed by atoms with Gasteiger partial charge in [-0.05, 0) is 12.1 Å². The van der Waals surface area contributed by atoms with E-state index < -0.39 is 12.5 Å². The summed E-state index contributed by atoms with van der Waals surface area (Å²) in [4.78, 5) is 10.2.